The van der Waals surface area contributed by atoms with Gasteiger partial charge in [-0.3, -0.25) is 4.72 Å². The largest absolute Gasteiger partial charge is 0.398 e. The van der Waals surface area contributed by atoms with Crippen LogP contribution in [0.5, 0.6) is 0 Å². The molecule has 0 heterocycles. The molecule has 2 rings (SSSR count). The molecule has 0 aliphatic heterocycles. The second-order valence-electron chi connectivity index (χ2n) is 4.37. The van der Waals surface area contributed by atoms with Crippen molar-refractivity contribution in [2.75, 3.05) is 10.5 Å². The number of nitrogens with two attached hydrogens (primary N) is 1. The summed E-state index contributed by atoms with van der Waals surface area (Å²) in [4.78, 5) is -0.592. The molecule has 0 fully saturated rings. The van der Waals surface area contributed by atoms with Crippen LogP contribution in [0.2, 0.25) is 5.02 Å². The fourth-order valence-electron chi connectivity index (χ4n) is 1.64. The Balaban J connectivity index is 2.43. The first-order chi connectivity index (χ1) is 9.70. The van der Waals surface area contributed by atoms with Crippen LogP contribution in [0.3, 0.4) is 0 Å². The molecule has 0 saturated heterocycles. The maximum absolute atomic E-state index is 13.8. The molecule has 0 unspecified atom stereocenters. The molecular formula is C13H11ClF2N2O2S. The third kappa shape index (κ3) is 3.25. The number of hydrogen-bond acceptors (Lipinski definition) is 3. The van der Waals surface area contributed by atoms with Crippen molar-refractivity contribution >= 4 is 33.0 Å². The maximum Gasteiger partial charge on any atom is 0.264 e. The van der Waals surface area contributed by atoms with E-state index >= 15 is 0 Å². The Labute approximate surface area is 125 Å². The number of nitrogens with one attached hydrogen (secondary N) is 1. The molecule has 0 atom stereocenters. The maximum atomic E-state index is 13.8. The second-order valence-corrected chi connectivity index (χ2v) is 6.43. The predicted octanol–water partition coefficient (Wildman–Crippen LogP) is 3.31. The molecule has 0 aromatic heterocycles. The van der Waals surface area contributed by atoms with Crippen LogP contribution in [0.1, 0.15) is 5.56 Å². The average molecular weight is 333 g/mol. The van der Waals surface area contributed by atoms with Crippen LogP contribution in [0.4, 0.5) is 20.2 Å². The van der Waals surface area contributed by atoms with Crippen molar-refractivity contribution in [3.05, 3.63) is 52.6 Å². The smallest absolute Gasteiger partial charge is 0.264 e. The van der Waals surface area contributed by atoms with Gasteiger partial charge in [-0.25, -0.2) is 17.2 Å². The normalized spacial score (nSPS) is 11.4. The van der Waals surface area contributed by atoms with Crippen LogP contribution in [-0.2, 0) is 10.0 Å². The molecule has 8 heteroatoms. The zero-order chi connectivity index (χ0) is 15.8. The van der Waals surface area contributed by atoms with Crippen molar-refractivity contribution in [3.8, 4) is 0 Å². The van der Waals surface area contributed by atoms with Gasteiger partial charge in [0.2, 0.25) is 0 Å². The van der Waals surface area contributed by atoms with Gasteiger partial charge in [-0.05, 0) is 42.8 Å². The molecule has 3 N–H and O–H groups in total. The quantitative estimate of drug-likeness (QED) is 0.847. The number of nitrogen functional groups attached to an aromatic ring is 1. The molecule has 0 radical (unpaired) electrons. The number of anilines is 2. The summed E-state index contributed by atoms with van der Waals surface area (Å²) in [5, 5.41) is -0.251. The van der Waals surface area contributed by atoms with E-state index in [0.717, 1.165) is 24.3 Å². The van der Waals surface area contributed by atoms with Gasteiger partial charge < -0.3 is 5.73 Å². The molecule has 112 valence electrons. The highest BCUT2D eigenvalue weighted by Crippen LogP contribution is 2.25. The molecule has 2 aromatic rings. The first kappa shape index (κ1) is 15.5. The monoisotopic (exact) mass is 332 g/mol. The van der Waals surface area contributed by atoms with E-state index in [2.05, 4.69) is 4.72 Å². The zero-order valence-corrected chi connectivity index (χ0v) is 12.4. The highest BCUT2D eigenvalue weighted by atomic mass is 35.5. The van der Waals surface area contributed by atoms with Crippen LogP contribution in [0, 0.1) is 18.6 Å². The SMILES string of the molecule is Cc1cc(F)c(S(=O)(=O)Nc2ccc(F)c(Cl)c2)cc1N. The van der Waals surface area contributed by atoms with Crippen molar-refractivity contribution in [1.29, 1.82) is 0 Å². The van der Waals surface area contributed by atoms with Crippen molar-refractivity contribution < 1.29 is 17.2 Å². The third-order valence-electron chi connectivity index (χ3n) is 2.78. The van der Waals surface area contributed by atoms with Gasteiger partial charge in [0.05, 0.1) is 10.7 Å². The fraction of sp³-hybridized carbons (Fsp3) is 0.0769. The molecule has 0 saturated carbocycles. The van der Waals surface area contributed by atoms with E-state index in [4.69, 9.17) is 17.3 Å². The minimum absolute atomic E-state index is 0.0138. The van der Waals surface area contributed by atoms with E-state index in [1.54, 1.807) is 6.92 Å². The number of aryl methyl sites for hydroxylation is 1. The van der Waals surface area contributed by atoms with Gasteiger partial charge in [0.25, 0.3) is 10.0 Å². The summed E-state index contributed by atoms with van der Waals surface area (Å²) in [6, 6.07) is 5.32. The summed E-state index contributed by atoms with van der Waals surface area (Å²) in [5.74, 6) is -1.62. The second kappa shape index (κ2) is 5.50. The van der Waals surface area contributed by atoms with E-state index in [0.29, 0.717) is 5.56 Å². The Kier molecular flexibility index (Phi) is 4.06. The van der Waals surface area contributed by atoms with Crippen molar-refractivity contribution in [3.63, 3.8) is 0 Å². The van der Waals surface area contributed by atoms with E-state index in [9.17, 15) is 17.2 Å². The molecule has 0 spiro atoms. The minimum Gasteiger partial charge on any atom is -0.398 e. The van der Waals surface area contributed by atoms with E-state index in [-0.39, 0.29) is 16.4 Å². The molecule has 2 aromatic carbocycles. The lowest BCUT2D eigenvalue weighted by atomic mass is 10.2. The summed E-state index contributed by atoms with van der Waals surface area (Å²) < 4.78 is 53.2. The summed E-state index contributed by atoms with van der Waals surface area (Å²) >= 11 is 5.56. The number of rotatable bonds is 3. The minimum atomic E-state index is -4.20. The lowest BCUT2D eigenvalue weighted by Crippen LogP contribution is -2.15. The Hall–Kier alpha value is -1.86. The van der Waals surface area contributed by atoms with E-state index in [1.807, 2.05) is 0 Å². The van der Waals surface area contributed by atoms with Crippen LogP contribution in [-0.4, -0.2) is 8.42 Å². The van der Waals surface area contributed by atoms with Gasteiger partial charge in [0.15, 0.2) is 0 Å². The zero-order valence-electron chi connectivity index (χ0n) is 10.8. The molecule has 21 heavy (non-hydrogen) atoms. The van der Waals surface area contributed by atoms with Gasteiger partial charge in [-0.2, -0.15) is 0 Å². The van der Waals surface area contributed by atoms with Crippen LogP contribution in [0.25, 0.3) is 0 Å². The summed E-state index contributed by atoms with van der Waals surface area (Å²) in [6.45, 7) is 1.56. The first-order valence-corrected chi connectivity index (χ1v) is 7.60. The average Bonchev–Trinajstić information content (AvgIpc) is 2.37. The molecule has 0 aliphatic rings. The van der Waals surface area contributed by atoms with Crippen molar-refractivity contribution in [2.24, 2.45) is 0 Å². The predicted molar refractivity (Wildman–Crippen MR) is 77.8 cm³/mol. The number of halogens is 3. The Morgan fingerprint density at radius 3 is 2.43 bits per heavy atom. The summed E-state index contributed by atoms with van der Waals surface area (Å²) in [7, 11) is -4.20. The van der Waals surface area contributed by atoms with E-state index < -0.39 is 26.6 Å². The van der Waals surface area contributed by atoms with Gasteiger partial charge >= 0.3 is 0 Å². The number of hydrogen-bond donors (Lipinski definition) is 2. The van der Waals surface area contributed by atoms with Crippen molar-refractivity contribution in [1.82, 2.24) is 0 Å². The topological polar surface area (TPSA) is 72.2 Å². The van der Waals surface area contributed by atoms with Gasteiger partial charge in [-0.15, -0.1) is 0 Å². The summed E-state index contributed by atoms with van der Waals surface area (Å²) in [5.41, 5.74) is 6.18. The Bertz CT molecular complexity index is 810. The molecule has 4 nitrogen and oxygen atoms in total. The van der Waals surface area contributed by atoms with Crippen LogP contribution >= 0.6 is 11.6 Å². The van der Waals surface area contributed by atoms with Gasteiger partial charge in [-0.1, -0.05) is 11.6 Å². The van der Waals surface area contributed by atoms with Crippen molar-refractivity contribution in [2.45, 2.75) is 11.8 Å². The Morgan fingerprint density at radius 1 is 1.14 bits per heavy atom. The van der Waals surface area contributed by atoms with Gasteiger partial charge in [0.1, 0.15) is 16.5 Å². The Morgan fingerprint density at radius 2 is 1.81 bits per heavy atom. The lowest BCUT2D eigenvalue weighted by Gasteiger charge is -2.11. The van der Waals surface area contributed by atoms with Crippen LogP contribution < -0.4 is 10.5 Å². The number of benzene rings is 2. The number of sulfonamides is 1. The molecule has 0 amide bonds. The lowest BCUT2D eigenvalue weighted by molar-refractivity contribution is 0.570. The highest BCUT2D eigenvalue weighted by Gasteiger charge is 2.21. The molecule has 0 aliphatic carbocycles. The van der Waals surface area contributed by atoms with E-state index in [1.165, 1.54) is 6.07 Å². The molecule has 0 bridgehead atoms. The fourth-order valence-corrected chi connectivity index (χ4v) is 2.97. The van der Waals surface area contributed by atoms with Gasteiger partial charge in [0, 0.05) is 5.69 Å². The summed E-state index contributed by atoms with van der Waals surface area (Å²) in [6.07, 6.45) is 0. The molecular weight excluding hydrogens is 322 g/mol. The first-order valence-electron chi connectivity index (χ1n) is 5.74. The highest BCUT2D eigenvalue weighted by molar-refractivity contribution is 7.92. The standard InChI is InChI=1S/C13H11ClF2N2O2S/c1-7-4-11(16)13(6-12(7)17)21(19,20)18-8-2-3-10(15)9(14)5-8/h2-6,18H,17H2,1H3. The van der Waals surface area contributed by atoms with Crippen LogP contribution in [0.15, 0.2) is 35.2 Å². The third-order valence-corrected chi connectivity index (χ3v) is 4.47.